The van der Waals surface area contributed by atoms with Crippen LogP contribution in [-0.2, 0) is 67.5 Å². The molecule has 1 unspecified atom stereocenters. The van der Waals surface area contributed by atoms with E-state index in [0.717, 1.165) is 128 Å². The highest BCUT2D eigenvalue weighted by Crippen LogP contribution is 2.40. The van der Waals surface area contributed by atoms with Gasteiger partial charge in [-0.05, 0) is 187 Å². The van der Waals surface area contributed by atoms with E-state index >= 15 is 0 Å². The highest BCUT2D eigenvalue weighted by atomic mass is 16.5. The fraction of sp³-hybridized carbons (Fsp3) is 0.500. The lowest BCUT2D eigenvalue weighted by molar-refractivity contribution is -0.149. The molecule has 3 atom stereocenters. The SMILES string of the molecule is CC(C)OC1CN(C(=O)CC2CCCCc3cc(-c4ccnc(Nc5cnn(CCO)c5)n4)ccc32)C1.CC(C)OC1CN(C(=O)C[C@@H]2CCCCc3cc(-c4ccnc(Nc5cnn(CCO)c5)n4)ccc32)C1.CC(C)OC1CN(C(=O)C[C@H]2CCCCc3cc(-c4ccnc(Nc5cnn(CCO)c5)n4)ccc32)C1. The maximum Gasteiger partial charge on any atom is 0.227 e. The Morgan fingerprint density at radius 2 is 0.703 bits per heavy atom. The molecule has 6 aromatic heterocycles. The van der Waals surface area contributed by atoms with Crippen LogP contribution < -0.4 is 16.0 Å². The molecule has 3 saturated heterocycles. The van der Waals surface area contributed by atoms with Crippen LogP contribution in [0.2, 0.25) is 0 Å². The lowest BCUT2D eigenvalue weighted by Crippen LogP contribution is -2.55. The molecule has 15 rings (SSSR count). The molecule has 0 bridgehead atoms. The van der Waals surface area contributed by atoms with Crippen molar-refractivity contribution in [3.8, 4) is 33.8 Å². The van der Waals surface area contributed by atoms with Crippen molar-refractivity contribution in [2.24, 2.45) is 0 Å². The predicted octanol–water partition coefficient (Wildman–Crippen LogP) is 11.7. The van der Waals surface area contributed by atoms with Crippen molar-refractivity contribution in [2.45, 2.75) is 212 Å². The Morgan fingerprint density at radius 1 is 0.414 bits per heavy atom. The van der Waals surface area contributed by atoms with Crippen molar-refractivity contribution in [1.29, 1.82) is 0 Å². The summed E-state index contributed by atoms with van der Waals surface area (Å²) in [7, 11) is 0. The number of carbonyl (C=O) groups excluding carboxylic acids is 3. The number of ether oxygens (including phenoxy) is 3. The van der Waals surface area contributed by atoms with E-state index in [1.54, 1.807) is 51.2 Å². The Hall–Kier alpha value is -9.90. The first-order valence-corrected chi connectivity index (χ1v) is 39.8. The smallest absolute Gasteiger partial charge is 0.227 e. The van der Waals surface area contributed by atoms with Gasteiger partial charge in [0.2, 0.25) is 35.6 Å². The summed E-state index contributed by atoms with van der Waals surface area (Å²) < 4.78 is 22.5. The number of aromatic nitrogens is 12. The zero-order valence-electron chi connectivity index (χ0n) is 64.9. The first kappa shape index (κ1) is 79.2. The van der Waals surface area contributed by atoms with Crippen LogP contribution in [0.25, 0.3) is 33.8 Å². The minimum Gasteiger partial charge on any atom is -0.394 e. The van der Waals surface area contributed by atoms with Crippen LogP contribution in [0, 0.1) is 0 Å². The third kappa shape index (κ3) is 21.4. The molecule has 6 N–H and O–H groups in total. The summed E-state index contributed by atoms with van der Waals surface area (Å²) in [6.07, 6.45) is 31.5. The average Bonchev–Trinajstić information content (AvgIpc) is 1.79. The van der Waals surface area contributed by atoms with Crippen LogP contribution in [0.4, 0.5) is 34.9 Å². The van der Waals surface area contributed by atoms with Crippen LogP contribution in [0.15, 0.2) is 129 Å². The monoisotopic (exact) mass is 1510 g/mol. The first-order chi connectivity index (χ1) is 53.9. The Bertz CT molecular complexity index is 4110. The number of aliphatic hydroxyl groups excluding tert-OH is 3. The van der Waals surface area contributed by atoms with Crippen molar-refractivity contribution >= 4 is 52.6 Å². The average molecular weight is 1510 g/mol. The van der Waals surface area contributed by atoms with Gasteiger partial charge in [-0.25, -0.2) is 29.9 Å². The number of hydrogen-bond acceptors (Lipinski definition) is 21. The number of aryl methyl sites for hydroxylation is 3. The molecule has 0 radical (unpaired) electrons. The molecule has 27 heteroatoms. The van der Waals surface area contributed by atoms with Crippen molar-refractivity contribution in [2.75, 3.05) is 75.0 Å². The summed E-state index contributed by atoms with van der Waals surface area (Å²) in [5.41, 5.74) is 15.8. The number of anilines is 6. The van der Waals surface area contributed by atoms with E-state index < -0.39 is 0 Å². The zero-order chi connectivity index (χ0) is 77.3. The Kier molecular flexibility index (Phi) is 27.0. The number of fused-ring (bicyclic) bond motifs is 3. The molecular weight excluding hydrogens is 1410 g/mol. The molecule has 0 spiro atoms. The van der Waals surface area contributed by atoms with Gasteiger partial charge < -0.3 is 60.2 Å². The molecule has 9 heterocycles. The predicted molar refractivity (Wildman–Crippen MR) is 425 cm³/mol. The topological polar surface area (TPSA) is 316 Å². The second-order valence-electron chi connectivity index (χ2n) is 30.8. The molecule has 3 aliphatic carbocycles. The quantitative estimate of drug-likeness (QED) is 0.0261. The number of rotatable bonds is 27. The molecule has 588 valence electrons. The van der Waals surface area contributed by atoms with E-state index in [-0.39, 0.29) is 91.9 Å². The molecular formula is C84H108N18O9. The highest BCUT2D eigenvalue weighted by Gasteiger charge is 2.37. The van der Waals surface area contributed by atoms with Gasteiger partial charge in [-0.15, -0.1) is 0 Å². The molecule has 3 aliphatic heterocycles. The molecule has 111 heavy (non-hydrogen) atoms. The van der Waals surface area contributed by atoms with Crippen molar-refractivity contribution in [3.05, 3.63) is 162 Å². The van der Waals surface area contributed by atoms with Gasteiger partial charge in [-0.3, -0.25) is 28.4 Å². The van der Waals surface area contributed by atoms with Gasteiger partial charge in [0, 0.05) is 112 Å². The maximum atomic E-state index is 13.0. The summed E-state index contributed by atoms with van der Waals surface area (Å²) in [5.74, 6) is 2.95. The maximum absolute atomic E-state index is 13.0. The van der Waals surface area contributed by atoms with Gasteiger partial charge in [0.05, 0.1) is 129 Å². The Labute approximate surface area is 650 Å². The number of hydrogen-bond donors (Lipinski definition) is 6. The minimum atomic E-state index is 0.0342. The Morgan fingerprint density at radius 3 is 0.973 bits per heavy atom. The van der Waals surface area contributed by atoms with Gasteiger partial charge in [-0.1, -0.05) is 55.7 Å². The molecule has 27 nitrogen and oxygen atoms in total. The number of carbonyl (C=O) groups is 3. The lowest BCUT2D eigenvalue weighted by Gasteiger charge is -2.40. The normalized spacial score (nSPS) is 17.8. The van der Waals surface area contributed by atoms with Crippen LogP contribution in [0.3, 0.4) is 0 Å². The van der Waals surface area contributed by atoms with Gasteiger partial charge in [-0.2, -0.15) is 15.3 Å². The fourth-order valence-electron chi connectivity index (χ4n) is 15.8. The summed E-state index contributed by atoms with van der Waals surface area (Å²) in [6.45, 7) is 17.9. The van der Waals surface area contributed by atoms with Crippen molar-refractivity contribution in [3.63, 3.8) is 0 Å². The third-order valence-electron chi connectivity index (χ3n) is 21.3. The largest absolute Gasteiger partial charge is 0.394 e. The molecule has 6 aliphatic rings. The molecule has 3 aromatic carbocycles. The summed E-state index contributed by atoms with van der Waals surface area (Å²) in [5, 5.41) is 49.5. The molecule has 0 saturated carbocycles. The summed E-state index contributed by atoms with van der Waals surface area (Å²) in [6, 6.07) is 25.4. The van der Waals surface area contributed by atoms with Gasteiger partial charge in [0.15, 0.2) is 0 Å². The van der Waals surface area contributed by atoms with E-state index in [1.807, 2.05) is 93.0 Å². The number of nitrogens with one attached hydrogen (secondary N) is 3. The van der Waals surface area contributed by atoms with Gasteiger partial charge in [0.25, 0.3) is 0 Å². The van der Waals surface area contributed by atoms with Crippen LogP contribution in [-0.4, -0.2) is 203 Å². The zero-order valence-corrected chi connectivity index (χ0v) is 64.9. The number of benzene rings is 3. The van der Waals surface area contributed by atoms with E-state index in [0.29, 0.717) is 96.0 Å². The van der Waals surface area contributed by atoms with E-state index in [2.05, 4.69) is 101 Å². The molecule has 3 fully saturated rings. The first-order valence-electron chi connectivity index (χ1n) is 39.8. The number of amides is 3. The highest BCUT2D eigenvalue weighted by molar-refractivity contribution is 5.80. The van der Waals surface area contributed by atoms with E-state index in [1.165, 1.54) is 33.4 Å². The lowest BCUT2D eigenvalue weighted by atomic mass is 9.88. The van der Waals surface area contributed by atoms with Crippen LogP contribution >= 0.6 is 0 Å². The number of likely N-dealkylation sites (tertiary alicyclic amines) is 3. The third-order valence-corrected chi connectivity index (χ3v) is 21.3. The molecule has 9 aromatic rings. The van der Waals surface area contributed by atoms with Gasteiger partial charge in [0.1, 0.15) is 0 Å². The number of aliphatic hydroxyl groups is 3. The summed E-state index contributed by atoms with van der Waals surface area (Å²) >= 11 is 0. The van der Waals surface area contributed by atoms with Crippen molar-refractivity contribution < 1.29 is 43.9 Å². The second-order valence-corrected chi connectivity index (χ2v) is 30.8. The molecule has 3 amide bonds. The van der Waals surface area contributed by atoms with E-state index in [9.17, 15) is 14.4 Å². The second kappa shape index (κ2) is 37.9. The Balaban J connectivity index is 0.000000146. The number of nitrogens with zero attached hydrogens (tertiary/aromatic N) is 15. The van der Waals surface area contributed by atoms with Crippen molar-refractivity contribution in [1.82, 2.24) is 73.9 Å². The van der Waals surface area contributed by atoms with Crippen LogP contribution in [0.5, 0.6) is 0 Å². The fourth-order valence-corrected chi connectivity index (χ4v) is 15.8. The van der Waals surface area contributed by atoms with Crippen LogP contribution in [0.1, 0.15) is 170 Å². The minimum absolute atomic E-state index is 0.0342. The summed E-state index contributed by atoms with van der Waals surface area (Å²) in [4.78, 5) is 72.0. The van der Waals surface area contributed by atoms with E-state index in [4.69, 9.17) is 44.5 Å². The standard InChI is InChI=1S/3C28H36N6O3/c3*1-19(2)37-24-17-33(18-24)27(36)14-21-6-4-3-5-20-13-22(7-8-25(20)21)26-9-10-29-28(32-26)31-23-15-30-34(16-23)11-12-35/h3*7-10,13,15-16,19,21,24,35H,3-6,11-12,14,17-18H2,1-2H3,(H,29,31,32)/t2*21-;/m10./s1. The van der Waals surface area contributed by atoms with Gasteiger partial charge >= 0.3 is 0 Å².